The molecule has 0 saturated carbocycles. The summed E-state index contributed by atoms with van der Waals surface area (Å²) < 4.78 is 5.85. The van der Waals surface area contributed by atoms with Crippen LogP contribution in [0.3, 0.4) is 0 Å². The van der Waals surface area contributed by atoms with Crippen molar-refractivity contribution in [2.45, 2.75) is 38.8 Å². The van der Waals surface area contributed by atoms with Gasteiger partial charge in [0.25, 0.3) is 0 Å². The lowest BCUT2D eigenvalue weighted by Crippen LogP contribution is -2.50. The Hall–Kier alpha value is -1.10. The normalized spacial score (nSPS) is 22.3. The molecule has 2 N–H and O–H groups in total. The van der Waals surface area contributed by atoms with Crippen LogP contribution in [-0.4, -0.2) is 48.9 Å². The first-order valence-electron chi connectivity index (χ1n) is 8.52. The number of hydrogen-bond acceptors (Lipinski definition) is 4. The van der Waals surface area contributed by atoms with E-state index in [1.807, 2.05) is 0 Å². The first kappa shape index (κ1) is 15.8. The van der Waals surface area contributed by atoms with Gasteiger partial charge in [-0.3, -0.25) is 4.90 Å². The van der Waals surface area contributed by atoms with Crippen LogP contribution in [0, 0.1) is 5.41 Å². The highest BCUT2D eigenvalue weighted by Gasteiger charge is 2.32. The van der Waals surface area contributed by atoms with E-state index < -0.39 is 0 Å². The molecule has 1 aromatic rings. The Morgan fingerprint density at radius 1 is 1.23 bits per heavy atom. The zero-order valence-electron chi connectivity index (χ0n) is 13.6. The molecular formula is C18H28N2O2. The molecule has 4 heteroatoms. The number of aliphatic hydroxyl groups is 1. The van der Waals surface area contributed by atoms with E-state index in [1.165, 1.54) is 5.56 Å². The molecule has 4 nitrogen and oxygen atoms in total. The van der Waals surface area contributed by atoms with E-state index in [4.69, 9.17) is 4.74 Å². The molecule has 0 amide bonds. The molecule has 122 valence electrons. The van der Waals surface area contributed by atoms with Gasteiger partial charge in [0.05, 0.1) is 0 Å². The van der Waals surface area contributed by atoms with Gasteiger partial charge in [0.2, 0.25) is 0 Å². The maximum absolute atomic E-state index is 9.61. The molecule has 2 aliphatic heterocycles. The van der Waals surface area contributed by atoms with Crippen LogP contribution in [0.2, 0.25) is 0 Å². The van der Waals surface area contributed by atoms with Crippen molar-refractivity contribution in [3.63, 3.8) is 0 Å². The van der Waals surface area contributed by atoms with Crippen molar-refractivity contribution < 1.29 is 9.84 Å². The van der Waals surface area contributed by atoms with Gasteiger partial charge < -0.3 is 15.2 Å². The van der Waals surface area contributed by atoms with Crippen LogP contribution < -0.4 is 10.1 Å². The molecule has 2 saturated heterocycles. The first-order chi connectivity index (χ1) is 10.7. The highest BCUT2D eigenvalue weighted by atomic mass is 16.5. The highest BCUT2D eigenvalue weighted by Crippen LogP contribution is 2.34. The van der Waals surface area contributed by atoms with Crippen LogP contribution in [-0.2, 0) is 6.54 Å². The predicted octanol–water partition coefficient (Wildman–Crippen LogP) is 2.02. The maximum Gasteiger partial charge on any atom is 0.123 e. The summed E-state index contributed by atoms with van der Waals surface area (Å²) in [4.78, 5) is 2.50. The third kappa shape index (κ3) is 3.62. The highest BCUT2D eigenvalue weighted by molar-refractivity contribution is 5.27. The fraction of sp³-hybridized carbons (Fsp3) is 0.667. The second-order valence-electron chi connectivity index (χ2n) is 6.83. The Balaban J connectivity index is 1.49. The van der Waals surface area contributed by atoms with Crippen LogP contribution in [0.1, 0.15) is 31.7 Å². The standard InChI is InChI=1S/C18H28N2O2/c1-2-18(14-21)7-9-20(10-8-18)13-15-3-5-16(6-4-15)22-17-11-19-12-17/h3-6,17,19,21H,2,7-14H2,1H3. The zero-order valence-corrected chi connectivity index (χ0v) is 13.6. The third-order valence-electron chi connectivity index (χ3n) is 5.38. The van der Waals surface area contributed by atoms with Gasteiger partial charge in [0.1, 0.15) is 11.9 Å². The number of nitrogens with zero attached hydrogens (tertiary/aromatic N) is 1. The molecule has 0 bridgehead atoms. The summed E-state index contributed by atoms with van der Waals surface area (Å²) in [5.41, 5.74) is 1.51. The van der Waals surface area contributed by atoms with E-state index >= 15 is 0 Å². The minimum atomic E-state index is 0.172. The monoisotopic (exact) mass is 304 g/mol. The van der Waals surface area contributed by atoms with Crippen molar-refractivity contribution in [3.8, 4) is 5.75 Å². The maximum atomic E-state index is 9.61. The number of aliphatic hydroxyl groups excluding tert-OH is 1. The summed E-state index contributed by atoms with van der Waals surface area (Å²) >= 11 is 0. The van der Waals surface area contributed by atoms with E-state index in [0.717, 1.165) is 57.7 Å². The minimum absolute atomic E-state index is 0.172. The molecular weight excluding hydrogens is 276 g/mol. The van der Waals surface area contributed by atoms with E-state index in [9.17, 15) is 5.11 Å². The van der Waals surface area contributed by atoms with E-state index in [-0.39, 0.29) is 5.41 Å². The van der Waals surface area contributed by atoms with Gasteiger partial charge in [-0.05, 0) is 55.5 Å². The largest absolute Gasteiger partial charge is 0.488 e. The molecule has 0 spiro atoms. The summed E-state index contributed by atoms with van der Waals surface area (Å²) in [5.74, 6) is 0.971. The molecule has 3 rings (SSSR count). The molecule has 0 aliphatic carbocycles. The van der Waals surface area contributed by atoms with Crippen molar-refractivity contribution in [1.29, 1.82) is 0 Å². The topological polar surface area (TPSA) is 44.7 Å². The van der Waals surface area contributed by atoms with Gasteiger partial charge in [-0.2, -0.15) is 0 Å². The van der Waals surface area contributed by atoms with E-state index in [2.05, 4.69) is 41.4 Å². The van der Waals surface area contributed by atoms with Crippen LogP contribution >= 0.6 is 0 Å². The van der Waals surface area contributed by atoms with Gasteiger partial charge in [-0.15, -0.1) is 0 Å². The summed E-state index contributed by atoms with van der Waals surface area (Å²) in [7, 11) is 0. The molecule has 2 heterocycles. The second-order valence-corrected chi connectivity index (χ2v) is 6.83. The number of ether oxygens (including phenoxy) is 1. The molecule has 0 atom stereocenters. The third-order valence-corrected chi connectivity index (χ3v) is 5.38. The SMILES string of the molecule is CCC1(CO)CCN(Cc2ccc(OC3CNC3)cc2)CC1. The Morgan fingerprint density at radius 3 is 2.41 bits per heavy atom. The van der Waals surface area contributed by atoms with Crippen molar-refractivity contribution in [2.24, 2.45) is 5.41 Å². The van der Waals surface area contributed by atoms with Crippen LogP contribution in [0.15, 0.2) is 24.3 Å². The van der Waals surface area contributed by atoms with Crippen molar-refractivity contribution >= 4 is 0 Å². The number of likely N-dealkylation sites (tertiary alicyclic amines) is 1. The Morgan fingerprint density at radius 2 is 1.91 bits per heavy atom. The number of piperidine rings is 1. The number of nitrogens with one attached hydrogen (secondary N) is 1. The molecule has 0 radical (unpaired) electrons. The lowest BCUT2D eigenvalue weighted by molar-refractivity contribution is 0.0382. The Labute approximate surface area is 133 Å². The quantitative estimate of drug-likeness (QED) is 0.844. The fourth-order valence-corrected chi connectivity index (χ4v) is 3.28. The van der Waals surface area contributed by atoms with Gasteiger partial charge in [-0.25, -0.2) is 0 Å². The Bertz CT molecular complexity index is 456. The zero-order chi connectivity index (χ0) is 15.4. The van der Waals surface area contributed by atoms with Crippen molar-refractivity contribution in [2.75, 3.05) is 32.8 Å². The van der Waals surface area contributed by atoms with Crippen LogP contribution in [0.5, 0.6) is 5.75 Å². The van der Waals surface area contributed by atoms with Crippen molar-refractivity contribution in [3.05, 3.63) is 29.8 Å². The average molecular weight is 304 g/mol. The van der Waals surface area contributed by atoms with Crippen molar-refractivity contribution in [1.82, 2.24) is 10.2 Å². The number of benzene rings is 1. The lowest BCUT2D eigenvalue weighted by Gasteiger charge is -2.40. The summed E-state index contributed by atoms with van der Waals surface area (Å²) in [6.45, 7) is 7.61. The Kier molecular flexibility index (Phi) is 5.01. The first-order valence-corrected chi connectivity index (χ1v) is 8.52. The van der Waals surface area contributed by atoms with Crippen LogP contribution in [0.4, 0.5) is 0 Å². The molecule has 22 heavy (non-hydrogen) atoms. The molecule has 0 unspecified atom stereocenters. The minimum Gasteiger partial charge on any atom is -0.488 e. The van der Waals surface area contributed by atoms with E-state index in [0.29, 0.717) is 12.7 Å². The summed E-state index contributed by atoms with van der Waals surface area (Å²) in [6, 6.07) is 8.52. The van der Waals surface area contributed by atoms with E-state index in [1.54, 1.807) is 0 Å². The van der Waals surface area contributed by atoms with Crippen LogP contribution in [0.25, 0.3) is 0 Å². The fourth-order valence-electron chi connectivity index (χ4n) is 3.28. The second kappa shape index (κ2) is 6.99. The molecule has 0 aromatic heterocycles. The van der Waals surface area contributed by atoms with Gasteiger partial charge >= 0.3 is 0 Å². The number of rotatable bonds is 6. The molecule has 2 fully saturated rings. The average Bonchev–Trinajstić information content (AvgIpc) is 2.53. The number of hydrogen-bond donors (Lipinski definition) is 2. The van der Waals surface area contributed by atoms with Gasteiger partial charge in [0, 0.05) is 26.2 Å². The van der Waals surface area contributed by atoms with Gasteiger partial charge in [-0.1, -0.05) is 19.1 Å². The summed E-state index contributed by atoms with van der Waals surface area (Å²) in [5, 5.41) is 12.8. The lowest BCUT2D eigenvalue weighted by atomic mass is 9.77. The molecule has 2 aliphatic rings. The smallest absolute Gasteiger partial charge is 0.123 e. The molecule has 1 aromatic carbocycles. The summed E-state index contributed by atoms with van der Waals surface area (Å²) in [6.07, 6.45) is 3.64. The van der Waals surface area contributed by atoms with Gasteiger partial charge in [0.15, 0.2) is 0 Å². The predicted molar refractivity (Wildman–Crippen MR) is 88.0 cm³/mol.